The Kier molecular flexibility index (Phi) is 3.53. The molecule has 1 fully saturated rings. The molecule has 0 saturated carbocycles. The molecule has 2 aliphatic rings. The largest absolute Gasteiger partial charge is 0.479 e. The van der Waals surface area contributed by atoms with E-state index in [9.17, 15) is 9.59 Å². The normalized spacial score (nSPS) is 20.2. The summed E-state index contributed by atoms with van der Waals surface area (Å²) in [7, 11) is 0. The number of morpholine rings is 1. The van der Waals surface area contributed by atoms with E-state index >= 15 is 0 Å². The van der Waals surface area contributed by atoms with Gasteiger partial charge in [0.25, 0.3) is 0 Å². The highest BCUT2D eigenvalue weighted by molar-refractivity contribution is 5.90. The fourth-order valence-electron chi connectivity index (χ4n) is 2.16. The van der Waals surface area contributed by atoms with Gasteiger partial charge in [-0.15, -0.1) is 0 Å². The van der Waals surface area contributed by atoms with Crippen molar-refractivity contribution >= 4 is 17.7 Å². The smallest absolute Gasteiger partial charge is 0.334 e. The molecule has 0 aromatic heterocycles. The summed E-state index contributed by atoms with van der Waals surface area (Å²) in [5, 5.41) is 11.6. The number of carboxylic acid groups (broad SMARTS) is 1. The molecule has 1 aromatic carbocycles. The first-order chi connectivity index (χ1) is 10.1. The van der Waals surface area contributed by atoms with Crippen molar-refractivity contribution in [3.63, 3.8) is 0 Å². The van der Waals surface area contributed by atoms with Gasteiger partial charge in [0.15, 0.2) is 17.6 Å². The van der Waals surface area contributed by atoms with Gasteiger partial charge < -0.3 is 29.5 Å². The van der Waals surface area contributed by atoms with E-state index in [1.807, 2.05) is 0 Å². The number of carbonyl (C=O) groups excluding carboxylic acids is 1. The van der Waals surface area contributed by atoms with Gasteiger partial charge in [-0.2, -0.15) is 0 Å². The van der Waals surface area contributed by atoms with Crippen molar-refractivity contribution in [1.29, 1.82) is 0 Å². The van der Waals surface area contributed by atoms with Gasteiger partial charge in [-0.3, -0.25) is 0 Å². The van der Waals surface area contributed by atoms with Gasteiger partial charge in [-0.25, -0.2) is 9.59 Å². The van der Waals surface area contributed by atoms with Gasteiger partial charge in [-0.05, 0) is 12.1 Å². The first kappa shape index (κ1) is 13.5. The van der Waals surface area contributed by atoms with Crippen molar-refractivity contribution in [3.8, 4) is 11.5 Å². The van der Waals surface area contributed by atoms with Gasteiger partial charge in [0.1, 0.15) is 0 Å². The SMILES string of the molecule is O=C(O)C1CN(C(=O)Nc2ccc3c(c2)OCO3)CCO1. The van der Waals surface area contributed by atoms with Crippen LogP contribution in [0.25, 0.3) is 0 Å². The van der Waals surface area contributed by atoms with Crippen molar-refractivity contribution in [3.05, 3.63) is 18.2 Å². The number of nitrogens with zero attached hydrogens (tertiary/aromatic N) is 1. The molecule has 0 spiro atoms. The highest BCUT2D eigenvalue weighted by Crippen LogP contribution is 2.34. The Morgan fingerprint density at radius 3 is 2.90 bits per heavy atom. The highest BCUT2D eigenvalue weighted by atomic mass is 16.7. The highest BCUT2D eigenvalue weighted by Gasteiger charge is 2.29. The summed E-state index contributed by atoms with van der Waals surface area (Å²) in [6, 6.07) is 4.69. The number of hydrogen-bond acceptors (Lipinski definition) is 5. The maximum Gasteiger partial charge on any atom is 0.334 e. The van der Waals surface area contributed by atoms with Crippen LogP contribution in [0.1, 0.15) is 0 Å². The number of carboxylic acids is 1. The second-order valence-corrected chi connectivity index (χ2v) is 4.64. The standard InChI is InChI=1S/C13H14N2O6/c16-12(17)11-6-15(3-4-19-11)13(18)14-8-1-2-9-10(5-8)21-7-20-9/h1-2,5,11H,3-4,6-7H2,(H,14,18)(H,16,17). The van der Waals surface area contributed by atoms with Crippen LogP contribution in [0.15, 0.2) is 18.2 Å². The molecule has 0 aliphatic carbocycles. The fourth-order valence-corrected chi connectivity index (χ4v) is 2.16. The van der Waals surface area contributed by atoms with Crippen LogP contribution in [0.4, 0.5) is 10.5 Å². The third-order valence-electron chi connectivity index (χ3n) is 3.25. The lowest BCUT2D eigenvalue weighted by molar-refractivity contribution is -0.154. The zero-order valence-corrected chi connectivity index (χ0v) is 11.1. The Morgan fingerprint density at radius 1 is 1.29 bits per heavy atom. The molecule has 8 heteroatoms. The van der Waals surface area contributed by atoms with Crippen LogP contribution < -0.4 is 14.8 Å². The molecule has 3 rings (SSSR count). The summed E-state index contributed by atoms with van der Waals surface area (Å²) >= 11 is 0. The molecule has 2 heterocycles. The Bertz CT molecular complexity index is 576. The summed E-state index contributed by atoms with van der Waals surface area (Å²) in [6.45, 7) is 0.730. The number of urea groups is 1. The predicted octanol–water partition coefficient (Wildman–Crippen LogP) is 0.733. The molecule has 1 atom stereocenters. The van der Waals surface area contributed by atoms with Crippen LogP contribution in [0.3, 0.4) is 0 Å². The molecule has 2 amide bonds. The second-order valence-electron chi connectivity index (χ2n) is 4.64. The fraction of sp³-hybridized carbons (Fsp3) is 0.385. The van der Waals surface area contributed by atoms with Crippen LogP contribution >= 0.6 is 0 Å². The quantitative estimate of drug-likeness (QED) is 0.834. The minimum atomic E-state index is -1.07. The molecule has 1 saturated heterocycles. The molecule has 112 valence electrons. The third kappa shape index (κ3) is 2.84. The number of anilines is 1. The molecule has 2 aliphatic heterocycles. The Hall–Kier alpha value is -2.48. The van der Waals surface area contributed by atoms with E-state index in [4.69, 9.17) is 19.3 Å². The number of nitrogens with one attached hydrogen (secondary N) is 1. The summed E-state index contributed by atoms with van der Waals surface area (Å²) in [6.07, 6.45) is -0.985. The van der Waals surface area contributed by atoms with Crippen LogP contribution in [-0.4, -0.2) is 54.6 Å². The van der Waals surface area contributed by atoms with E-state index in [0.29, 0.717) is 23.7 Å². The lowest BCUT2D eigenvalue weighted by Gasteiger charge is -2.30. The van der Waals surface area contributed by atoms with Crippen LogP contribution in [-0.2, 0) is 9.53 Å². The maximum absolute atomic E-state index is 12.1. The van der Waals surface area contributed by atoms with Crippen molar-refractivity contribution in [2.24, 2.45) is 0 Å². The van der Waals surface area contributed by atoms with Gasteiger partial charge in [0.05, 0.1) is 13.2 Å². The average molecular weight is 294 g/mol. The Morgan fingerprint density at radius 2 is 2.10 bits per heavy atom. The number of amides is 2. The summed E-state index contributed by atoms with van der Waals surface area (Å²) in [5.74, 6) is 0.124. The monoisotopic (exact) mass is 294 g/mol. The van der Waals surface area contributed by atoms with Crippen LogP contribution in [0.2, 0.25) is 0 Å². The minimum absolute atomic E-state index is 0.0196. The van der Waals surface area contributed by atoms with E-state index < -0.39 is 12.1 Å². The molecular formula is C13H14N2O6. The van der Waals surface area contributed by atoms with Crippen LogP contribution in [0, 0.1) is 0 Å². The summed E-state index contributed by atoms with van der Waals surface area (Å²) < 4.78 is 15.5. The zero-order chi connectivity index (χ0) is 14.8. The number of aliphatic carboxylic acids is 1. The van der Waals surface area contributed by atoms with E-state index in [1.165, 1.54) is 4.90 Å². The lowest BCUT2D eigenvalue weighted by atomic mass is 10.2. The van der Waals surface area contributed by atoms with Gasteiger partial charge in [0.2, 0.25) is 6.79 Å². The maximum atomic E-state index is 12.1. The van der Waals surface area contributed by atoms with Gasteiger partial charge in [0, 0.05) is 18.3 Å². The number of hydrogen-bond donors (Lipinski definition) is 2. The van der Waals surface area contributed by atoms with Crippen molar-refractivity contribution in [2.45, 2.75) is 6.10 Å². The lowest BCUT2D eigenvalue weighted by Crippen LogP contribution is -2.49. The number of benzene rings is 1. The summed E-state index contributed by atoms with van der Waals surface area (Å²) in [4.78, 5) is 24.4. The number of carbonyl (C=O) groups is 2. The van der Waals surface area contributed by atoms with Crippen molar-refractivity contribution in [2.75, 3.05) is 31.8 Å². The van der Waals surface area contributed by atoms with Gasteiger partial charge in [-0.1, -0.05) is 0 Å². The van der Waals surface area contributed by atoms with Gasteiger partial charge >= 0.3 is 12.0 Å². The molecule has 8 nitrogen and oxygen atoms in total. The van der Waals surface area contributed by atoms with Crippen LogP contribution in [0.5, 0.6) is 11.5 Å². The third-order valence-corrected chi connectivity index (χ3v) is 3.25. The first-order valence-electron chi connectivity index (χ1n) is 6.43. The molecule has 0 bridgehead atoms. The average Bonchev–Trinajstić information content (AvgIpc) is 2.95. The zero-order valence-electron chi connectivity index (χ0n) is 11.1. The molecule has 1 unspecified atom stereocenters. The summed E-state index contributed by atoms with van der Waals surface area (Å²) in [5.41, 5.74) is 0.558. The topological polar surface area (TPSA) is 97.3 Å². The second kappa shape index (κ2) is 5.49. The molecule has 0 radical (unpaired) electrons. The van der Waals surface area contributed by atoms with Crippen molar-refractivity contribution in [1.82, 2.24) is 4.90 Å². The Labute approximate surface area is 120 Å². The van der Waals surface area contributed by atoms with E-state index in [0.717, 1.165) is 0 Å². The van der Waals surface area contributed by atoms with E-state index in [1.54, 1.807) is 18.2 Å². The van der Waals surface area contributed by atoms with Crippen molar-refractivity contribution < 1.29 is 28.9 Å². The molecule has 21 heavy (non-hydrogen) atoms. The molecule has 1 aromatic rings. The molecule has 2 N–H and O–H groups in total. The minimum Gasteiger partial charge on any atom is -0.479 e. The first-order valence-corrected chi connectivity index (χ1v) is 6.43. The van der Waals surface area contributed by atoms with E-state index in [2.05, 4.69) is 5.32 Å². The number of ether oxygens (including phenoxy) is 3. The number of rotatable bonds is 2. The van der Waals surface area contributed by atoms with E-state index in [-0.39, 0.29) is 26.0 Å². The Balaban J connectivity index is 1.64. The number of fused-ring (bicyclic) bond motifs is 1. The predicted molar refractivity (Wildman–Crippen MR) is 70.5 cm³/mol. The molecular weight excluding hydrogens is 280 g/mol.